The van der Waals surface area contributed by atoms with Crippen LogP contribution in [0.25, 0.3) is 0 Å². The number of nitrogens with zero attached hydrogens (tertiary/aromatic N) is 3. The zero-order valence-electron chi connectivity index (χ0n) is 10.8. The minimum Gasteiger partial charge on any atom is -0.506 e. The van der Waals surface area contributed by atoms with E-state index < -0.39 is 0 Å². The Balaban J connectivity index is 2.00. The van der Waals surface area contributed by atoms with Crippen LogP contribution in [0.3, 0.4) is 0 Å². The lowest BCUT2D eigenvalue weighted by Crippen LogP contribution is -2.39. The smallest absolute Gasteiger partial charge is 0.255 e. The average molecular weight is 249 g/mol. The topological polar surface area (TPSA) is 56.7 Å². The number of hydrogen-bond acceptors (Lipinski definition) is 4. The van der Waals surface area contributed by atoms with Crippen LogP contribution in [-0.2, 0) is 0 Å². The van der Waals surface area contributed by atoms with Gasteiger partial charge in [0.25, 0.3) is 5.91 Å². The van der Waals surface area contributed by atoms with E-state index in [0.717, 1.165) is 13.0 Å². The Hall–Kier alpha value is -1.62. The third-order valence-corrected chi connectivity index (χ3v) is 3.47. The van der Waals surface area contributed by atoms with Crippen LogP contribution in [-0.4, -0.2) is 59.0 Å². The SMILES string of the molecule is CN(CC1CCCN1C)C(=O)c1cncc(O)c1. The molecule has 0 aromatic carbocycles. The van der Waals surface area contributed by atoms with Gasteiger partial charge in [0.05, 0.1) is 11.8 Å². The predicted molar refractivity (Wildman–Crippen MR) is 68.5 cm³/mol. The van der Waals surface area contributed by atoms with E-state index in [0.29, 0.717) is 18.2 Å². The Morgan fingerprint density at radius 1 is 1.61 bits per heavy atom. The first-order valence-corrected chi connectivity index (χ1v) is 6.17. The number of amides is 1. The van der Waals surface area contributed by atoms with Crippen LogP contribution in [0.15, 0.2) is 18.5 Å². The Morgan fingerprint density at radius 3 is 3.00 bits per heavy atom. The van der Waals surface area contributed by atoms with Crippen LogP contribution in [0.4, 0.5) is 0 Å². The van der Waals surface area contributed by atoms with Crippen molar-refractivity contribution < 1.29 is 9.90 Å². The second-order valence-corrected chi connectivity index (χ2v) is 4.89. The van der Waals surface area contributed by atoms with Crippen molar-refractivity contribution in [3.63, 3.8) is 0 Å². The molecule has 98 valence electrons. The average Bonchev–Trinajstić information content (AvgIpc) is 2.74. The van der Waals surface area contributed by atoms with Crippen molar-refractivity contribution in [1.29, 1.82) is 0 Å². The number of rotatable bonds is 3. The molecule has 1 fully saturated rings. The van der Waals surface area contributed by atoms with Crippen molar-refractivity contribution in [1.82, 2.24) is 14.8 Å². The van der Waals surface area contributed by atoms with Crippen LogP contribution in [0, 0.1) is 0 Å². The first-order valence-electron chi connectivity index (χ1n) is 6.17. The maximum Gasteiger partial charge on any atom is 0.255 e. The number of carbonyl (C=O) groups is 1. The molecule has 1 atom stereocenters. The van der Waals surface area contributed by atoms with Gasteiger partial charge in [-0.15, -0.1) is 0 Å². The highest BCUT2D eigenvalue weighted by Gasteiger charge is 2.24. The molecule has 1 saturated heterocycles. The van der Waals surface area contributed by atoms with Crippen molar-refractivity contribution >= 4 is 5.91 Å². The van der Waals surface area contributed by atoms with E-state index in [4.69, 9.17) is 0 Å². The Kier molecular flexibility index (Phi) is 3.81. The van der Waals surface area contributed by atoms with Crippen LogP contribution in [0.2, 0.25) is 0 Å². The third kappa shape index (κ3) is 2.79. The molecule has 0 saturated carbocycles. The summed E-state index contributed by atoms with van der Waals surface area (Å²) in [5.74, 6) is -0.0778. The Labute approximate surface area is 107 Å². The molecule has 1 unspecified atom stereocenters. The van der Waals surface area contributed by atoms with Gasteiger partial charge in [0, 0.05) is 25.8 Å². The molecule has 1 aromatic rings. The van der Waals surface area contributed by atoms with Gasteiger partial charge in [-0.2, -0.15) is 0 Å². The molecule has 0 radical (unpaired) electrons. The monoisotopic (exact) mass is 249 g/mol. The van der Waals surface area contributed by atoms with E-state index in [-0.39, 0.29) is 11.7 Å². The van der Waals surface area contributed by atoms with Crippen molar-refractivity contribution in [2.75, 3.05) is 27.2 Å². The standard InChI is InChI=1S/C13H19N3O2/c1-15-5-3-4-11(15)9-16(2)13(18)10-6-12(17)8-14-7-10/h6-8,11,17H,3-5,9H2,1-2H3. The third-order valence-electron chi connectivity index (χ3n) is 3.47. The minimum absolute atomic E-state index is 0.0206. The molecule has 1 amide bonds. The number of aromatic nitrogens is 1. The second-order valence-electron chi connectivity index (χ2n) is 4.89. The summed E-state index contributed by atoms with van der Waals surface area (Å²) in [6.45, 7) is 1.81. The van der Waals surface area contributed by atoms with Gasteiger partial charge in [0.1, 0.15) is 5.75 Å². The van der Waals surface area contributed by atoms with E-state index in [9.17, 15) is 9.90 Å². The Bertz CT molecular complexity index is 436. The highest BCUT2D eigenvalue weighted by Crippen LogP contribution is 2.17. The molecule has 1 aliphatic rings. The summed E-state index contributed by atoms with van der Waals surface area (Å²) in [7, 11) is 3.88. The molecular formula is C13H19N3O2. The molecule has 0 spiro atoms. The van der Waals surface area contributed by atoms with Crippen molar-refractivity contribution in [2.45, 2.75) is 18.9 Å². The quantitative estimate of drug-likeness (QED) is 0.866. The number of likely N-dealkylation sites (tertiary alicyclic amines) is 1. The molecule has 1 aromatic heterocycles. The first kappa shape index (κ1) is 12.8. The molecule has 18 heavy (non-hydrogen) atoms. The largest absolute Gasteiger partial charge is 0.506 e. The zero-order valence-corrected chi connectivity index (χ0v) is 10.8. The maximum atomic E-state index is 12.1. The summed E-state index contributed by atoms with van der Waals surface area (Å²) in [5.41, 5.74) is 0.429. The summed E-state index contributed by atoms with van der Waals surface area (Å²) >= 11 is 0. The summed E-state index contributed by atoms with van der Waals surface area (Å²) in [4.78, 5) is 20.0. The van der Waals surface area contributed by atoms with Crippen molar-refractivity contribution in [3.05, 3.63) is 24.0 Å². The van der Waals surface area contributed by atoms with Gasteiger partial charge >= 0.3 is 0 Å². The minimum atomic E-state index is -0.0984. The van der Waals surface area contributed by atoms with E-state index in [2.05, 4.69) is 16.9 Å². The van der Waals surface area contributed by atoms with Gasteiger partial charge < -0.3 is 14.9 Å². The molecule has 0 bridgehead atoms. The summed E-state index contributed by atoms with van der Waals surface area (Å²) in [5, 5.41) is 9.33. The van der Waals surface area contributed by atoms with E-state index in [1.807, 2.05) is 0 Å². The fourth-order valence-electron chi connectivity index (χ4n) is 2.37. The van der Waals surface area contributed by atoms with Gasteiger partial charge in [-0.25, -0.2) is 0 Å². The molecule has 0 aliphatic carbocycles. The summed E-state index contributed by atoms with van der Waals surface area (Å²) in [6.07, 6.45) is 5.13. The van der Waals surface area contributed by atoms with Crippen LogP contribution >= 0.6 is 0 Å². The fourth-order valence-corrected chi connectivity index (χ4v) is 2.37. The molecule has 2 rings (SSSR count). The first-order chi connectivity index (χ1) is 8.58. The summed E-state index contributed by atoms with van der Waals surface area (Å²) < 4.78 is 0. The maximum absolute atomic E-state index is 12.1. The Morgan fingerprint density at radius 2 is 2.39 bits per heavy atom. The number of carbonyl (C=O) groups excluding carboxylic acids is 1. The molecular weight excluding hydrogens is 230 g/mol. The van der Waals surface area contributed by atoms with Gasteiger partial charge in [-0.1, -0.05) is 0 Å². The zero-order chi connectivity index (χ0) is 13.1. The second kappa shape index (κ2) is 5.35. The lowest BCUT2D eigenvalue weighted by Gasteiger charge is -2.25. The van der Waals surface area contributed by atoms with Crippen LogP contribution in [0.5, 0.6) is 5.75 Å². The molecule has 5 heteroatoms. The summed E-state index contributed by atoms with van der Waals surface area (Å²) in [6, 6.07) is 1.88. The lowest BCUT2D eigenvalue weighted by atomic mass is 10.2. The molecule has 5 nitrogen and oxygen atoms in total. The predicted octanol–water partition coefficient (Wildman–Crippen LogP) is 0.953. The van der Waals surface area contributed by atoms with Crippen molar-refractivity contribution in [3.8, 4) is 5.75 Å². The lowest BCUT2D eigenvalue weighted by molar-refractivity contribution is 0.0760. The van der Waals surface area contributed by atoms with Gasteiger partial charge in [0.2, 0.25) is 0 Å². The van der Waals surface area contributed by atoms with E-state index in [1.54, 1.807) is 11.9 Å². The van der Waals surface area contributed by atoms with Gasteiger partial charge in [-0.3, -0.25) is 9.78 Å². The number of likely N-dealkylation sites (N-methyl/N-ethyl adjacent to an activating group) is 2. The highest BCUT2D eigenvalue weighted by atomic mass is 16.3. The van der Waals surface area contributed by atoms with E-state index in [1.165, 1.54) is 24.9 Å². The van der Waals surface area contributed by atoms with Crippen molar-refractivity contribution in [2.24, 2.45) is 0 Å². The number of hydrogen-bond donors (Lipinski definition) is 1. The van der Waals surface area contributed by atoms with Gasteiger partial charge in [-0.05, 0) is 32.5 Å². The number of aromatic hydroxyl groups is 1. The fraction of sp³-hybridized carbons (Fsp3) is 0.538. The van der Waals surface area contributed by atoms with Gasteiger partial charge in [0.15, 0.2) is 0 Å². The molecule has 1 aliphatic heterocycles. The van der Waals surface area contributed by atoms with E-state index >= 15 is 0 Å². The highest BCUT2D eigenvalue weighted by molar-refractivity contribution is 5.94. The normalized spacial score (nSPS) is 20.0. The molecule has 1 N–H and O–H groups in total. The van der Waals surface area contributed by atoms with Crippen LogP contribution < -0.4 is 0 Å². The molecule has 2 heterocycles. The number of pyridine rings is 1. The van der Waals surface area contributed by atoms with Crippen LogP contribution in [0.1, 0.15) is 23.2 Å².